The van der Waals surface area contributed by atoms with E-state index >= 15 is 0 Å². The van der Waals surface area contributed by atoms with Crippen LogP contribution in [0.4, 0.5) is 0 Å². The lowest BCUT2D eigenvalue weighted by molar-refractivity contribution is -0.143. The van der Waals surface area contributed by atoms with Gasteiger partial charge in [0.1, 0.15) is 12.4 Å². The minimum absolute atomic E-state index is 0.0951. The molecule has 0 aliphatic rings. The highest BCUT2D eigenvalue weighted by Gasteiger charge is 2.08. The summed E-state index contributed by atoms with van der Waals surface area (Å²) >= 11 is 0. The Morgan fingerprint density at radius 2 is 1.76 bits per heavy atom. The van der Waals surface area contributed by atoms with E-state index in [1.54, 1.807) is 13.0 Å². The fourth-order valence-corrected chi connectivity index (χ4v) is 2.57. The maximum Gasteiger partial charge on any atom is 0.305 e. The van der Waals surface area contributed by atoms with Gasteiger partial charge in [0.2, 0.25) is 0 Å². The summed E-state index contributed by atoms with van der Waals surface area (Å²) in [5.74, 6) is 0.679. The number of Topliss-reactive ketones (excluding diaryl/α,β-unsaturated/α-hetero) is 1. The van der Waals surface area contributed by atoms with Gasteiger partial charge in [0, 0.05) is 18.4 Å². The molecule has 0 amide bonds. The summed E-state index contributed by atoms with van der Waals surface area (Å²) in [6.45, 7) is 6.28. The molecule has 0 heterocycles. The molecule has 0 aliphatic carbocycles. The van der Waals surface area contributed by atoms with E-state index in [0.29, 0.717) is 44.5 Å². The van der Waals surface area contributed by atoms with E-state index in [1.165, 1.54) is 0 Å². The minimum Gasteiger partial charge on any atom is -0.490 e. The van der Waals surface area contributed by atoms with Crippen LogP contribution >= 0.6 is 0 Å². The number of esters is 1. The van der Waals surface area contributed by atoms with Crippen molar-refractivity contribution in [2.24, 2.45) is 0 Å². The summed E-state index contributed by atoms with van der Waals surface area (Å²) in [4.78, 5) is 23.6. The normalized spacial score (nSPS) is 10.4. The Hall–Kier alpha value is -2.62. The molecule has 25 heavy (non-hydrogen) atoms. The van der Waals surface area contributed by atoms with E-state index in [0.717, 1.165) is 16.5 Å². The Morgan fingerprint density at radius 3 is 2.52 bits per heavy atom. The van der Waals surface area contributed by atoms with Gasteiger partial charge in [-0.15, -0.1) is 0 Å². The van der Waals surface area contributed by atoms with E-state index in [-0.39, 0.29) is 11.8 Å². The molecule has 4 nitrogen and oxygen atoms in total. The molecule has 4 heteroatoms. The second-order valence-corrected chi connectivity index (χ2v) is 5.76. The zero-order valence-corrected chi connectivity index (χ0v) is 14.6. The average Bonchev–Trinajstić information content (AvgIpc) is 2.63. The van der Waals surface area contributed by atoms with Crippen molar-refractivity contribution in [3.8, 4) is 5.75 Å². The van der Waals surface area contributed by atoms with E-state index in [1.807, 2.05) is 36.4 Å². The van der Waals surface area contributed by atoms with Crippen LogP contribution in [0.2, 0.25) is 0 Å². The van der Waals surface area contributed by atoms with Crippen LogP contribution in [0.5, 0.6) is 5.75 Å². The van der Waals surface area contributed by atoms with E-state index in [2.05, 4.69) is 6.58 Å². The highest BCUT2D eigenvalue weighted by Crippen LogP contribution is 2.23. The number of hydrogen-bond donors (Lipinski definition) is 0. The summed E-state index contributed by atoms with van der Waals surface area (Å²) in [5, 5.41) is 2.03. The molecule has 2 rings (SSSR count). The van der Waals surface area contributed by atoms with E-state index in [9.17, 15) is 9.59 Å². The summed E-state index contributed by atoms with van der Waals surface area (Å²) in [7, 11) is 0. The molecule has 0 aromatic heterocycles. The number of unbranched alkanes of at least 4 members (excludes halogenated alkanes) is 1. The van der Waals surface area contributed by atoms with Crippen LogP contribution in [0, 0.1) is 0 Å². The minimum atomic E-state index is -0.199. The Balaban J connectivity index is 1.92. The first-order valence-corrected chi connectivity index (χ1v) is 8.60. The number of hydrogen-bond acceptors (Lipinski definition) is 4. The number of fused-ring (bicyclic) bond motifs is 1. The molecular formula is C21H24O4. The van der Waals surface area contributed by atoms with Crippen LogP contribution in [0.3, 0.4) is 0 Å². The second kappa shape index (κ2) is 9.62. The fourth-order valence-electron chi connectivity index (χ4n) is 2.57. The molecule has 0 atom stereocenters. The molecular weight excluding hydrogens is 316 g/mol. The number of carbonyl (C=O) groups is 2. The van der Waals surface area contributed by atoms with Crippen LogP contribution in [-0.2, 0) is 9.53 Å². The molecule has 132 valence electrons. The first kappa shape index (κ1) is 18.7. The van der Waals surface area contributed by atoms with Crippen molar-refractivity contribution in [2.45, 2.75) is 32.6 Å². The largest absolute Gasteiger partial charge is 0.490 e. The quantitative estimate of drug-likeness (QED) is 0.272. The Kier molecular flexibility index (Phi) is 7.20. The molecule has 0 bridgehead atoms. The Labute approximate surface area is 148 Å². The first-order chi connectivity index (χ1) is 12.1. The lowest BCUT2D eigenvalue weighted by Gasteiger charge is -2.07. The van der Waals surface area contributed by atoms with Crippen LogP contribution in [-0.4, -0.2) is 25.0 Å². The number of ether oxygens (including phenoxy) is 2. The van der Waals surface area contributed by atoms with Gasteiger partial charge >= 0.3 is 5.97 Å². The summed E-state index contributed by atoms with van der Waals surface area (Å²) in [6, 6.07) is 11.5. The average molecular weight is 340 g/mol. The third-order valence-corrected chi connectivity index (χ3v) is 3.84. The number of benzene rings is 2. The van der Waals surface area contributed by atoms with Crippen LogP contribution in [0.1, 0.15) is 43.0 Å². The van der Waals surface area contributed by atoms with Crippen molar-refractivity contribution in [1.82, 2.24) is 0 Å². The monoisotopic (exact) mass is 340 g/mol. The maximum absolute atomic E-state index is 12.3. The van der Waals surface area contributed by atoms with Gasteiger partial charge in [-0.1, -0.05) is 30.9 Å². The van der Waals surface area contributed by atoms with Gasteiger partial charge in [-0.05, 0) is 48.7 Å². The summed E-state index contributed by atoms with van der Waals surface area (Å²) < 4.78 is 10.4. The van der Waals surface area contributed by atoms with Gasteiger partial charge in [0.25, 0.3) is 0 Å². The molecule has 0 fully saturated rings. The van der Waals surface area contributed by atoms with Crippen molar-refractivity contribution in [1.29, 1.82) is 0 Å². The standard InChI is InChI=1S/C21H24O4/c1-3-13-25-19-12-11-16-14-18(10-9-17(16)15-19)20(22)7-5-6-8-21(23)24-4-2/h3,9-12,14-15H,1,4-8,13H2,2H3. The predicted octanol–water partition coefficient (Wildman–Crippen LogP) is 4.71. The summed E-state index contributed by atoms with van der Waals surface area (Å²) in [5.41, 5.74) is 0.698. The molecule has 2 aromatic rings. The van der Waals surface area contributed by atoms with Gasteiger partial charge in [0.15, 0.2) is 5.78 Å². The van der Waals surface area contributed by atoms with Crippen molar-refractivity contribution < 1.29 is 19.1 Å². The van der Waals surface area contributed by atoms with Crippen LogP contribution in [0.15, 0.2) is 49.1 Å². The molecule has 0 aliphatic heterocycles. The van der Waals surface area contributed by atoms with Gasteiger partial charge < -0.3 is 9.47 Å². The van der Waals surface area contributed by atoms with Crippen LogP contribution < -0.4 is 4.74 Å². The molecule has 2 aromatic carbocycles. The van der Waals surface area contributed by atoms with Gasteiger partial charge in [-0.25, -0.2) is 0 Å². The highest BCUT2D eigenvalue weighted by atomic mass is 16.5. The zero-order valence-electron chi connectivity index (χ0n) is 14.6. The second-order valence-electron chi connectivity index (χ2n) is 5.76. The SMILES string of the molecule is C=CCOc1ccc2cc(C(=O)CCCCC(=O)OCC)ccc2c1. The molecule has 0 saturated carbocycles. The molecule has 0 radical (unpaired) electrons. The number of ketones is 1. The van der Waals surface area contributed by atoms with Gasteiger partial charge in [-0.3, -0.25) is 9.59 Å². The van der Waals surface area contributed by atoms with Crippen molar-refractivity contribution in [3.05, 3.63) is 54.6 Å². The van der Waals surface area contributed by atoms with E-state index < -0.39 is 0 Å². The number of rotatable bonds is 10. The zero-order chi connectivity index (χ0) is 18.1. The van der Waals surface area contributed by atoms with Crippen molar-refractivity contribution in [3.63, 3.8) is 0 Å². The fraction of sp³-hybridized carbons (Fsp3) is 0.333. The smallest absolute Gasteiger partial charge is 0.305 e. The Morgan fingerprint density at radius 1 is 1.04 bits per heavy atom. The third kappa shape index (κ3) is 5.75. The molecule has 0 saturated heterocycles. The predicted molar refractivity (Wildman–Crippen MR) is 99.1 cm³/mol. The molecule has 0 spiro atoms. The van der Waals surface area contributed by atoms with Crippen molar-refractivity contribution in [2.75, 3.05) is 13.2 Å². The molecule has 0 unspecified atom stereocenters. The topological polar surface area (TPSA) is 52.6 Å². The highest BCUT2D eigenvalue weighted by molar-refractivity contribution is 6.00. The van der Waals surface area contributed by atoms with E-state index in [4.69, 9.17) is 9.47 Å². The first-order valence-electron chi connectivity index (χ1n) is 8.60. The van der Waals surface area contributed by atoms with Gasteiger partial charge in [0.05, 0.1) is 6.61 Å². The lowest BCUT2D eigenvalue weighted by Crippen LogP contribution is -2.04. The third-order valence-electron chi connectivity index (χ3n) is 3.84. The lowest BCUT2D eigenvalue weighted by atomic mass is 10.0. The van der Waals surface area contributed by atoms with Crippen LogP contribution in [0.25, 0.3) is 10.8 Å². The number of carbonyl (C=O) groups excluding carboxylic acids is 2. The van der Waals surface area contributed by atoms with Crippen molar-refractivity contribution >= 4 is 22.5 Å². The molecule has 0 N–H and O–H groups in total. The van der Waals surface area contributed by atoms with Gasteiger partial charge in [-0.2, -0.15) is 0 Å². The summed E-state index contributed by atoms with van der Waals surface area (Å²) in [6.07, 6.45) is 3.86. The maximum atomic E-state index is 12.3. The Bertz CT molecular complexity index is 749.